The zero-order valence-electron chi connectivity index (χ0n) is 16.0. The maximum atomic E-state index is 6.23. The molecule has 3 aromatic carbocycles. The first-order chi connectivity index (χ1) is 13.2. The number of benzene rings is 3. The van der Waals surface area contributed by atoms with E-state index in [0.29, 0.717) is 0 Å². The Kier molecular flexibility index (Phi) is 6.11. The molecule has 0 aromatic heterocycles. The van der Waals surface area contributed by atoms with Gasteiger partial charge in [0.2, 0.25) is 0 Å². The van der Waals surface area contributed by atoms with Crippen LogP contribution in [0.1, 0.15) is 23.6 Å². The molecule has 0 aliphatic rings. The van der Waals surface area contributed by atoms with Crippen molar-refractivity contribution in [1.29, 1.82) is 0 Å². The van der Waals surface area contributed by atoms with Crippen molar-refractivity contribution in [3.63, 3.8) is 0 Å². The van der Waals surface area contributed by atoms with Crippen LogP contribution in [0.25, 0.3) is 11.8 Å². The van der Waals surface area contributed by atoms with E-state index in [0.717, 1.165) is 34.0 Å². The summed E-state index contributed by atoms with van der Waals surface area (Å²) < 4.78 is 11.5. The summed E-state index contributed by atoms with van der Waals surface area (Å²) in [5.41, 5.74) is 4.47. The molecule has 0 heterocycles. The van der Waals surface area contributed by atoms with E-state index < -0.39 is 0 Å². The third kappa shape index (κ3) is 5.11. The van der Waals surface area contributed by atoms with Crippen LogP contribution >= 0.6 is 0 Å². The van der Waals surface area contributed by atoms with Crippen LogP contribution in [-0.2, 0) is 0 Å². The molecule has 136 valence electrons. The average molecular weight is 356 g/mol. The van der Waals surface area contributed by atoms with Crippen molar-refractivity contribution in [2.45, 2.75) is 13.8 Å². The highest BCUT2D eigenvalue weighted by molar-refractivity contribution is 5.70. The Bertz CT molecular complexity index is 918. The summed E-state index contributed by atoms with van der Waals surface area (Å²) in [7, 11) is 1.67. The molecule has 0 spiro atoms. The number of allylic oxidation sites excluding steroid dienone is 2. The number of methoxy groups -OCH3 is 1. The highest BCUT2D eigenvalue weighted by atomic mass is 16.5. The first kappa shape index (κ1) is 18.5. The van der Waals surface area contributed by atoms with Gasteiger partial charge in [0.15, 0.2) is 0 Å². The fourth-order valence-corrected chi connectivity index (χ4v) is 2.69. The fraction of sp³-hybridized carbons (Fsp3) is 0.120. The van der Waals surface area contributed by atoms with E-state index in [1.807, 2.05) is 54.6 Å². The van der Waals surface area contributed by atoms with Gasteiger partial charge in [-0.1, -0.05) is 60.2 Å². The van der Waals surface area contributed by atoms with E-state index in [1.54, 1.807) is 7.11 Å². The van der Waals surface area contributed by atoms with Gasteiger partial charge in [-0.05, 0) is 61.4 Å². The second-order valence-corrected chi connectivity index (χ2v) is 6.40. The number of aryl methyl sites for hydroxylation is 1. The van der Waals surface area contributed by atoms with Crippen molar-refractivity contribution in [3.05, 3.63) is 107 Å². The Labute approximate surface area is 161 Å². The predicted octanol–water partition coefficient (Wildman–Crippen LogP) is 6.53. The molecule has 0 atom stereocenters. The molecule has 0 aliphatic carbocycles. The maximum absolute atomic E-state index is 6.23. The van der Waals surface area contributed by atoms with Gasteiger partial charge in [0.05, 0.1) is 7.11 Å². The average Bonchev–Trinajstić information content (AvgIpc) is 2.72. The molecule has 0 unspecified atom stereocenters. The first-order valence-electron chi connectivity index (χ1n) is 8.98. The number of hydrogen-bond donors (Lipinski definition) is 0. The van der Waals surface area contributed by atoms with Crippen LogP contribution in [0, 0.1) is 6.92 Å². The molecule has 0 fully saturated rings. The lowest BCUT2D eigenvalue weighted by Gasteiger charge is -2.13. The van der Waals surface area contributed by atoms with Gasteiger partial charge >= 0.3 is 0 Å². The number of hydrogen-bond acceptors (Lipinski definition) is 2. The SMILES string of the molecule is COc1ccc(/C(Oc2ccccc2)=C(C)/C=C/c2ccc(C)cc2)cc1. The van der Waals surface area contributed by atoms with Gasteiger partial charge < -0.3 is 9.47 Å². The zero-order chi connectivity index (χ0) is 19.1. The lowest BCUT2D eigenvalue weighted by molar-refractivity contribution is 0.414. The van der Waals surface area contributed by atoms with Crippen molar-refractivity contribution in [3.8, 4) is 11.5 Å². The van der Waals surface area contributed by atoms with Crippen LogP contribution in [0.4, 0.5) is 0 Å². The molecule has 0 N–H and O–H groups in total. The molecule has 2 nitrogen and oxygen atoms in total. The van der Waals surface area contributed by atoms with Gasteiger partial charge in [0.1, 0.15) is 17.3 Å². The first-order valence-corrected chi connectivity index (χ1v) is 8.98. The summed E-state index contributed by atoms with van der Waals surface area (Å²) >= 11 is 0. The highest BCUT2D eigenvalue weighted by Gasteiger charge is 2.08. The number of ether oxygens (including phenoxy) is 2. The van der Waals surface area contributed by atoms with Crippen molar-refractivity contribution >= 4 is 11.8 Å². The van der Waals surface area contributed by atoms with Crippen molar-refractivity contribution in [2.75, 3.05) is 7.11 Å². The van der Waals surface area contributed by atoms with Crippen LogP contribution in [0.3, 0.4) is 0 Å². The van der Waals surface area contributed by atoms with Crippen LogP contribution in [0.5, 0.6) is 11.5 Å². The number of para-hydroxylation sites is 1. The van der Waals surface area contributed by atoms with E-state index in [2.05, 4.69) is 50.3 Å². The van der Waals surface area contributed by atoms with E-state index in [-0.39, 0.29) is 0 Å². The van der Waals surface area contributed by atoms with Gasteiger partial charge in [-0.3, -0.25) is 0 Å². The van der Waals surface area contributed by atoms with Gasteiger partial charge in [0.25, 0.3) is 0 Å². The molecule has 0 aliphatic heterocycles. The molecular formula is C25H24O2. The minimum atomic E-state index is 0.811. The number of rotatable bonds is 6. The molecule has 3 rings (SSSR count). The predicted molar refractivity (Wildman–Crippen MR) is 113 cm³/mol. The van der Waals surface area contributed by atoms with E-state index in [1.165, 1.54) is 5.56 Å². The maximum Gasteiger partial charge on any atom is 0.137 e. The Balaban J connectivity index is 1.95. The van der Waals surface area contributed by atoms with Crippen molar-refractivity contribution in [1.82, 2.24) is 0 Å². The molecule has 3 aromatic rings. The molecule has 0 saturated heterocycles. The van der Waals surface area contributed by atoms with Gasteiger partial charge in [-0.2, -0.15) is 0 Å². The molecule has 0 bridgehead atoms. The molecule has 0 saturated carbocycles. The second-order valence-electron chi connectivity index (χ2n) is 6.40. The van der Waals surface area contributed by atoms with Crippen LogP contribution in [0.2, 0.25) is 0 Å². The smallest absolute Gasteiger partial charge is 0.137 e. The van der Waals surface area contributed by atoms with Crippen LogP contribution in [0.15, 0.2) is 90.5 Å². The summed E-state index contributed by atoms with van der Waals surface area (Å²) in [5.74, 6) is 2.46. The monoisotopic (exact) mass is 356 g/mol. The molecule has 2 heteroatoms. The fourth-order valence-electron chi connectivity index (χ4n) is 2.69. The second kappa shape index (κ2) is 8.91. The van der Waals surface area contributed by atoms with Crippen molar-refractivity contribution < 1.29 is 9.47 Å². The zero-order valence-corrected chi connectivity index (χ0v) is 16.0. The van der Waals surface area contributed by atoms with Crippen LogP contribution < -0.4 is 9.47 Å². The third-order valence-corrected chi connectivity index (χ3v) is 4.28. The van der Waals surface area contributed by atoms with E-state index >= 15 is 0 Å². The Morgan fingerprint density at radius 1 is 0.778 bits per heavy atom. The Morgan fingerprint density at radius 2 is 1.44 bits per heavy atom. The summed E-state index contributed by atoms with van der Waals surface area (Å²) in [6, 6.07) is 26.2. The summed E-state index contributed by atoms with van der Waals surface area (Å²) in [6.07, 6.45) is 4.19. The van der Waals surface area contributed by atoms with Gasteiger partial charge in [-0.25, -0.2) is 0 Å². The van der Waals surface area contributed by atoms with Gasteiger partial charge in [-0.15, -0.1) is 0 Å². The standard InChI is InChI=1S/C25H24O2/c1-19-9-12-21(13-10-19)14-11-20(2)25(27-24-7-5-4-6-8-24)22-15-17-23(26-3)18-16-22/h4-18H,1-3H3/b14-11+,25-20-. The molecule has 27 heavy (non-hydrogen) atoms. The normalized spacial score (nSPS) is 12.0. The lowest BCUT2D eigenvalue weighted by Crippen LogP contribution is -1.98. The summed E-state index contributed by atoms with van der Waals surface area (Å²) in [5, 5.41) is 0. The largest absolute Gasteiger partial charge is 0.497 e. The molecular weight excluding hydrogens is 332 g/mol. The van der Waals surface area contributed by atoms with E-state index in [9.17, 15) is 0 Å². The Morgan fingerprint density at radius 3 is 2.07 bits per heavy atom. The molecule has 0 amide bonds. The highest BCUT2D eigenvalue weighted by Crippen LogP contribution is 2.26. The van der Waals surface area contributed by atoms with E-state index in [4.69, 9.17) is 9.47 Å². The summed E-state index contributed by atoms with van der Waals surface area (Å²) in [6.45, 7) is 4.15. The molecule has 0 radical (unpaired) electrons. The van der Waals surface area contributed by atoms with Crippen molar-refractivity contribution in [2.24, 2.45) is 0 Å². The van der Waals surface area contributed by atoms with Crippen LogP contribution in [-0.4, -0.2) is 7.11 Å². The minimum absolute atomic E-state index is 0.811. The minimum Gasteiger partial charge on any atom is -0.497 e. The Hall–Kier alpha value is -3.26. The lowest BCUT2D eigenvalue weighted by atomic mass is 10.1. The van der Waals surface area contributed by atoms with Gasteiger partial charge in [0, 0.05) is 5.56 Å². The summed E-state index contributed by atoms with van der Waals surface area (Å²) in [4.78, 5) is 0. The quantitative estimate of drug-likeness (QED) is 0.369. The third-order valence-electron chi connectivity index (χ3n) is 4.28. The topological polar surface area (TPSA) is 18.5 Å².